The van der Waals surface area contributed by atoms with E-state index in [1.165, 1.54) is 0 Å². The number of methoxy groups -OCH3 is 2. The maximum absolute atomic E-state index is 12.0. The van der Waals surface area contributed by atoms with Crippen LogP contribution in [0.1, 0.15) is 41.4 Å². The standard InChI is InChI=1S/C24H27N3O3S/c1-16-26-20(15-31-16)18-7-4-6-17(12-18)13-27-19(14-28)8-5-9-21(27)23-22(29-2)10-11-25-24(23)30-3/h4,6-7,10-12,14-15,19,21H,5,8-9,13H2,1-3H3. The first-order valence-electron chi connectivity index (χ1n) is 10.4. The van der Waals surface area contributed by atoms with Gasteiger partial charge in [-0.05, 0) is 43.9 Å². The van der Waals surface area contributed by atoms with Gasteiger partial charge in [0.1, 0.15) is 12.0 Å². The van der Waals surface area contributed by atoms with E-state index in [1.807, 2.05) is 13.0 Å². The van der Waals surface area contributed by atoms with Gasteiger partial charge in [-0.2, -0.15) is 0 Å². The molecule has 0 saturated carbocycles. The molecule has 3 aromatic rings. The molecule has 1 aromatic carbocycles. The average molecular weight is 438 g/mol. The highest BCUT2D eigenvalue weighted by molar-refractivity contribution is 7.09. The van der Waals surface area contributed by atoms with E-state index in [0.717, 1.165) is 58.7 Å². The maximum Gasteiger partial charge on any atom is 0.221 e. The second-order valence-electron chi connectivity index (χ2n) is 7.71. The number of aldehydes is 1. The van der Waals surface area contributed by atoms with Crippen molar-refractivity contribution in [3.05, 3.63) is 58.0 Å². The quantitative estimate of drug-likeness (QED) is 0.494. The first-order chi connectivity index (χ1) is 15.1. The number of rotatable bonds is 7. The molecule has 3 heterocycles. The predicted octanol–water partition coefficient (Wildman–Crippen LogP) is 4.83. The minimum atomic E-state index is -0.168. The van der Waals surface area contributed by atoms with E-state index in [9.17, 15) is 4.79 Å². The molecule has 162 valence electrons. The van der Waals surface area contributed by atoms with Crippen LogP contribution in [0.3, 0.4) is 0 Å². The third-order valence-corrected chi connectivity index (χ3v) is 6.60. The van der Waals surface area contributed by atoms with Crippen LogP contribution in [0.2, 0.25) is 0 Å². The molecule has 2 unspecified atom stereocenters. The lowest BCUT2D eigenvalue weighted by molar-refractivity contribution is -0.115. The number of benzene rings is 1. The molecule has 0 N–H and O–H groups in total. The highest BCUT2D eigenvalue weighted by atomic mass is 32.1. The molecule has 4 rings (SSSR count). The van der Waals surface area contributed by atoms with Crippen LogP contribution in [0.4, 0.5) is 0 Å². The van der Waals surface area contributed by atoms with Gasteiger partial charge in [0.15, 0.2) is 0 Å². The van der Waals surface area contributed by atoms with Crippen molar-refractivity contribution in [2.24, 2.45) is 0 Å². The van der Waals surface area contributed by atoms with Gasteiger partial charge in [-0.15, -0.1) is 11.3 Å². The number of piperidine rings is 1. The van der Waals surface area contributed by atoms with E-state index in [-0.39, 0.29) is 12.1 Å². The van der Waals surface area contributed by atoms with Gasteiger partial charge >= 0.3 is 0 Å². The fraction of sp³-hybridized carbons (Fsp3) is 0.375. The van der Waals surface area contributed by atoms with Crippen LogP contribution in [0.15, 0.2) is 41.9 Å². The van der Waals surface area contributed by atoms with E-state index in [2.05, 4.69) is 44.5 Å². The molecular formula is C24H27N3O3S. The summed E-state index contributed by atoms with van der Waals surface area (Å²) in [6, 6.07) is 10.1. The Balaban J connectivity index is 1.70. The van der Waals surface area contributed by atoms with Crippen LogP contribution in [-0.4, -0.2) is 41.4 Å². The molecule has 0 amide bonds. The molecule has 2 aromatic heterocycles. The highest BCUT2D eigenvalue weighted by Crippen LogP contribution is 2.42. The fourth-order valence-corrected chi connectivity index (χ4v) is 5.01. The largest absolute Gasteiger partial charge is 0.496 e. The highest BCUT2D eigenvalue weighted by Gasteiger charge is 2.35. The summed E-state index contributed by atoms with van der Waals surface area (Å²) in [5, 5.41) is 3.13. The Labute approximate surface area is 186 Å². The summed E-state index contributed by atoms with van der Waals surface area (Å²) < 4.78 is 11.2. The summed E-state index contributed by atoms with van der Waals surface area (Å²) in [5.74, 6) is 1.28. The number of likely N-dealkylation sites (tertiary alicyclic amines) is 1. The lowest BCUT2D eigenvalue weighted by Gasteiger charge is -2.40. The van der Waals surface area contributed by atoms with Crippen LogP contribution < -0.4 is 9.47 Å². The Kier molecular flexibility index (Phi) is 6.63. The van der Waals surface area contributed by atoms with Crippen molar-refractivity contribution in [2.45, 2.75) is 44.8 Å². The van der Waals surface area contributed by atoms with Crippen LogP contribution in [0, 0.1) is 6.92 Å². The summed E-state index contributed by atoms with van der Waals surface area (Å²) in [7, 11) is 3.27. The molecule has 0 aliphatic carbocycles. The van der Waals surface area contributed by atoms with Crippen LogP contribution in [0.25, 0.3) is 11.3 Å². The minimum Gasteiger partial charge on any atom is -0.496 e. The summed E-state index contributed by atoms with van der Waals surface area (Å²) in [6.45, 7) is 2.66. The summed E-state index contributed by atoms with van der Waals surface area (Å²) in [5.41, 5.74) is 4.13. The van der Waals surface area contributed by atoms with Crippen molar-refractivity contribution in [3.8, 4) is 22.9 Å². The van der Waals surface area contributed by atoms with Crippen molar-refractivity contribution in [3.63, 3.8) is 0 Å². The zero-order valence-electron chi connectivity index (χ0n) is 18.1. The van der Waals surface area contributed by atoms with E-state index < -0.39 is 0 Å². The van der Waals surface area contributed by atoms with Gasteiger partial charge in [0.2, 0.25) is 5.88 Å². The number of pyridine rings is 1. The molecule has 0 bridgehead atoms. The first-order valence-corrected chi connectivity index (χ1v) is 11.3. The van der Waals surface area contributed by atoms with Gasteiger partial charge in [-0.1, -0.05) is 18.2 Å². The first kappa shape index (κ1) is 21.5. The van der Waals surface area contributed by atoms with Crippen LogP contribution in [-0.2, 0) is 11.3 Å². The Morgan fingerprint density at radius 1 is 1.23 bits per heavy atom. The molecule has 0 radical (unpaired) electrons. The van der Waals surface area contributed by atoms with Crippen molar-refractivity contribution < 1.29 is 14.3 Å². The molecule has 1 aliphatic rings. The third kappa shape index (κ3) is 4.48. The van der Waals surface area contributed by atoms with E-state index in [4.69, 9.17) is 9.47 Å². The predicted molar refractivity (Wildman–Crippen MR) is 122 cm³/mol. The molecule has 31 heavy (non-hydrogen) atoms. The molecule has 1 saturated heterocycles. The number of carbonyl (C=O) groups excluding carboxylic acids is 1. The van der Waals surface area contributed by atoms with Crippen molar-refractivity contribution >= 4 is 17.6 Å². The third-order valence-electron chi connectivity index (χ3n) is 5.83. The van der Waals surface area contributed by atoms with Gasteiger partial charge in [0.05, 0.1) is 36.5 Å². The van der Waals surface area contributed by atoms with E-state index >= 15 is 0 Å². The summed E-state index contributed by atoms with van der Waals surface area (Å²) >= 11 is 1.65. The number of hydrogen-bond donors (Lipinski definition) is 0. The minimum absolute atomic E-state index is 0.0206. The normalized spacial score (nSPS) is 19.2. The molecule has 2 atom stereocenters. The van der Waals surface area contributed by atoms with Crippen LogP contribution >= 0.6 is 11.3 Å². The number of aryl methyl sites for hydroxylation is 1. The van der Waals surface area contributed by atoms with Crippen molar-refractivity contribution in [2.75, 3.05) is 14.2 Å². The topological polar surface area (TPSA) is 64.6 Å². The number of carbonyl (C=O) groups is 1. The second-order valence-corrected chi connectivity index (χ2v) is 8.77. The molecule has 0 spiro atoms. The second kappa shape index (κ2) is 9.58. The van der Waals surface area contributed by atoms with Gasteiger partial charge in [0.25, 0.3) is 0 Å². The number of ether oxygens (including phenoxy) is 2. The summed E-state index contributed by atoms with van der Waals surface area (Å²) in [4.78, 5) is 23.3. The lowest BCUT2D eigenvalue weighted by Crippen LogP contribution is -2.42. The molecule has 1 fully saturated rings. The molecule has 1 aliphatic heterocycles. The monoisotopic (exact) mass is 437 g/mol. The number of aromatic nitrogens is 2. The number of nitrogens with zero attached hydrogens (tertiary/aromatic N) is 3. The molecule has 7 heteroatoms. The van der Waals surface area contributed by atoms with Gasteiger partial charge < -0.3 is 14.3 Å². The van der Waals surface area contributed by atoms with Crippen molar-refractivity contribution in [1.29, 1.82) is 0 Å². The van der Waals surface area contributed by atoms with Gasteiger partial charge in [-0.3, -0.25) is 4.90 Å². The zero-order valence-corrected chi connectivity index (χ0v) is 18.9. The number of thiazole rings is 1. The fourth-order valence-electron chi connectivity index (χ4n) is 4.39. The average Bonchev–Trinajstić information content (AvgIpc) is 3.25. The molecule has 6 nitrogen and oxygen atoms in total. The maximum atomic E-state index is 12.0. The Morgan fingerprint density at radius 3 is 2.81 bits per heavy atom. The smallest absolute Gasteiger partial charge is 0.221 e. The van der Waals surface area contributed by atoms with Crippen LogP contribution in [0.5, 0.6) is 11.6 Å². The SMILES string of the molecule is COc1ccnc(OC)c1C1CCCC(C=O)N1Cc1cccc(-c2csc(C)n2)c1. The van der Waals surface area contributed by atoms with Gasteiger partial charge in [-0.25, -0.2) is 9.97 Å². The van der Waals surface area contributed by atoms with E-state index in [1.54, 1.807) is 31.8 Å². The van der Waals surface area contributed by atoms with Gasteiger partial charge in [0, 0.05) is 29.7 Å². The Bertz CT molecular complexity index is 1030. The number of hydrogen-bond acceptors (Lipinski definition) is 7. The Hall–Kier alpha value is -2.77. The lowest BCUT2D eigenvalue weighted by atomic mass is 9.90. The summed E-state index contributed by atoms with van der Waals surface area (Å²) in [6.07, 6.45) is 5.47. The van der Waals surface area contributed by atoms with E-state index in [0.29, 0.717) is 12.4 Å². The Morgan fingerprint density at radius 2 is 2.10 bits per heavy atom. The molecular weight excluding hydrogens is 410 g/mol. The zero-order chi connectivity index (χ0) is 21.8. The van der Waals surface area contributed by atoms with Crippen molar-refractivity contribution in [1.82, 2.24) is 14.9 Å².